The van der Waals surface area contributed by atoms with Crippen molar-refractivity contribution in [2.45, 2.75) is 59.7 Å². The van der Waals surface area contributed by atoms with Gasteiger partial charge < -0.3 is 20.3 Å². The van der Waals surface area contributed by atoms with Gasteiger partial charge in [-0.15, -0.1) is 11.3 Å². The van der Waals surface area contributed by atoms with Crippen LogP contribution >= 0.6 is 11.3 Å². The van der Waals surface area contributed by atoms with Crippen molar-refractivity contribution in [3.8, 4) is 0 Å². The van der Waals surface area contributed by atoms with Crippen molar-refractivity contribution in [1.82, 2.24) is 20.5 Å². The lowest BCUT2D eigenvalue weighted by Gasteiger charge is -2.16. The normalized spacial score (nSPS) is 10.6. The Hall–Kier alpha value is -5.32. The van der Waals surface area contributed by atoms with E-state index in [1.54, 1.807) is 36.2 Å². The molecule has 0 aliphatic heterocycles. The third-order valence-electron chi connectivity index (χ3n) is 7.98. The van der Waals surface area contributed by atoms with E-state index in [0.29, 0.717) is 43.0 Å². The van der Waals surface area contributed by atoms with Crippen LogP contribution < -0.4 is 16.0 Å². The van der Waals surface area contributed by atoms with Gasteiger partial charge in [0.25, 0.3) is 11.8 Å². The fourth-order valence-electron chi connectivity index (χ4n) is 5.15. The van der Waals surface area contributed by atoms with Crippen LogP contribution in [0.25, 0.3) is 0 Å². The first-order chi connectivity index (χ1) is 25.1. The number of nitrogens with one attached hydrogen (secondary N) is 3. The molecule has 3 N–H and O–H groups in total. The van der Waals surface area contributed by atoms with Gasteiger partial charge in [0.15, 0.2) is 0 Å². The number of aryl methyl sites for hydroxylation is 2. The van der Waals surface area contributed by atoms with Crippen molar-refractivity contribution in [1.29, 1.82) is 0 Å². The minimum Gasteiger partial charge on any atom is -0.444 e. The number of benzene rings is 4. The maximum Gasteiger partial charge on any atom is 0.411 e. The number of hydrogen-bond donors (Lipinski definition) is 3. The first-order valence-electron chi connectivity index (χ1n) is 17.5. The molecule has 0 aliphatic carbocycles. The van der Waals surface area contributed by atoms with Gasteiger partial charge in [-0.25, -0.2) is 9.78 Å². The van der Waals surface area contributed by atoms with Crippen molar-refractivity contribution in [2.24, 2.45) is 0 Å². The Morgan fingerprint density at radius 1 is 0.827 bits per heavy atom. The van der Waals surface area contributed by atoms with Gasteiger partial charge in [0.2, 0.25) is 0 Å². The number of anilines is 1. The Bertz CT molecular complexity index is 1880. The highest BCUT2D eigenvalue weighted by molar-refractivity contribution is 7.09. The monoisotopic (exact) mass is 719 g/mol. The van der Waals surface area contributed by atoms with Crippen LogP contribution in [0.3, 0.4) is 0 Å². The molecule has 52 heavy (non-hydrogen) atoms. The number of rotatable bonds is 14. The zero-order valence-electron chi connectivity index (χ0n) is 30.6. The zero-order chi connectivity index (χ0) is 37.3. The molecule has 0 aliphatic rings. The SMILES string of the molecule is Cc1ccccc1.Cc1csc(CN(C)C(=O)c2cccc(C(=O)NCCCNCc3cc(NC(=O)OCc4ccccc4)cc(C(C)C)c3)c2)n1. The molecular weight excluding hydrogens is 671 g/mol. The van der Waals surface area contributed by atoms with Gasteiger partial charge in [0.05, 0.1) is 6.54 Å². The van der Waals surface area contributed by atoms with Gasteiger partial charge in [0, 0.05) is 48.0 Å². The standard InChI is InChI=1S/C35H41N5O4S.C7H8/c1-24(2)30-16-27(17-31(19-30)39-35(43)44-22-26-10-6-5-7-11-26)20-36-14-9-15-37-33(41)28-12-8-13-29(18-28)34(42)40(4)21-32-38-25(3)23-45-32;1-7-5-3-2-4-6-7/h5-8,10-13,16-19,23-24,36H,9,14-15,20-22H2,1-4H3,(H,37,41)(H,39,43);2-6H,1H3. The molecule has 0 atom stereocenters. The van der Waals surface area contributed by atoms with E-state index in [-0.39, 0.29) is 24.3 Å². The van der Waals surface area contributed by atoms with Crippen LogP contribution in [0.5, 0.6) is 0 Å². The Morgan fingerprint density at radius 3 is 2.19 bits per heavy atom. The van der Waals surface area contributed by atoms with E-state index < -0.39 is 6.09 Å². The van der Waals surface area contributed by atoms with E-state index in [1.807, 2.05) is 73.0 Å². The average Bonchev–Trinajstić information content (AvgIpc) is 3.56. The molecule has 0 saturated carbocycles. The highest BCUT2D eigenvalue weighted by Crippen LogP contribution is 2.22. The van der Waals surface area contributed by atoms with E-state index in [2.05, 4.69) is 59.9 Å². The summed E-state index contributed by atoms with van der Waals surface area (Å²) in [5.41, 5.74) is 6.93. The minimum absolute atomic E-state index is 0.161. The molecule has 0 unspecified atom stereocenters. The Labute approximate surface area is 311 Å². The van der Waals surface area contributed by atoms with Crippen LogP contribution in [0.4, 0.5) is 10.5 Å². The number of nitrogens with zero attached hydrogens (tertiary/aromatic N) is 2. The molecule has 1 heterocycles. The molecule has 0 fully saturated rings. The summed E-state index contributed by atoms with van der Waals surface area (Å²) >= 11 is 1.52. The molecule has 0 saturated heterocycles. The molecule has 5 aromatic rings. The summed E-state index contributed by atoms with van der Waals surface area (Å²) in [6, 6.07) is 32.6. The largest absolute Gasteiger partial charge is 0.444 e. The van der Waals surface area contributed by atoms with Gasteiger partial charge in [0.1, 0.15) is 11.6 Å². The highest BCUT2D eigenvalue weighted by Gasteiger charge is 2.16. The third kappa shape index (κ3) is 13.4. The molecule has 4 aromatic carbocycles. The number of aromatic nitrogens is 1. The maximum atomic E-state index is 12.9. The van der Waals surface area contributed by atoms with Crippen molar-refractivity contribution in [3.05, 3.63) is 153 Å². The number of carbonyl (C=O) groups is 3. The number of thiazole rings is 1. The summed E-state index contributed by atoms with van der Waals surface area (Å²) in [4.78, 5) is 44.2. The third-order valence-corrected chi connectivity index (χ3v) is 8.94. The van der Waals surface area contributed by atoms with Crippen LogP contribution in [0.1, 0.15) is 79.9 Å². The first kappa shape index (κ1) is 39.5. The molecule has 0 radical (unpaired) electrons. The summed E-state index contributed by atoms with van der Waals surface area (Å²) in [7, 11) is 1.73. The van der Waals surface area contributed by atoms with Crippen LogP contribution in [0, 0.1) is 13.8 Å². The van der Waals surface area contributed by atoms with Gasteiger partial charge in [-0.05, 0) is 79.8 Å². The second-order valence-corrected chi connectivity index (χ2v) is 13.8. The summed E-state index contributed by atoms with van der Waals surface area (Å²) in [5, 5.41) is 12.0. The van der Waals surface area contributed by atoms with Crippen LogP contribution in [-0.2, 0) is 24.4 Å². The Morgan fingerprint density at radius 2 is 1.54 bits per heavy atom. The molecule has 1 aromatic heterocycles. The lowest BCUT2D eigenvalue weighted by atomic mass is 9.99. The minimum atomic E-state index is -0.498. The summed E-state index contributed by atoms with van der Waals surface area (Å²) < 4.78 is 5.38. The van der Waals surface area contributed by atoms with Gasteiger partial charge in [-0.1, -0.05) is 92.2 Å². The Balaban J connectivity index is 0.000000771. The fraction of sp³-hybridized carbons (Fsp3) is 0.286. The number of carbonyl (C=O) groups excluding carboxylic acids is 3. The fourth-order valence-corrected chi connectivity index (χ4v) is 5.98. The summed E-state index contributed by atoms with van der Waals surface area (Å²) in [6.07, 6.45) is 0.225. The molecule has 3 amide bonds. The van der Waals surface area contributed by atoms with E-state index in [1.165, 1.54) is 16.9 Å². The van der Waals surface area contributed by atoms with Crippen LogP contribution in [0.15, 0.2) is 109 Å². The van der Waals surface area contributed by atoms with Crippen molar-refractivity contribution in [3.63, 3.8) is 0 Å². The van der Waals surface area contributed by atoms with Gasteiger partial charge >= 0.3 is 6.09 Å². The smallest absolute Gasteiger partial charge is 0.411 e. The van der Waals surface area contributed by atoms with E-state index in [0.717, 1.165) is 33.8 Å². The van der Waals surface area contributed by atoms with Crippen LogP contribution in [-0.4, -0.2) is 47.9 Å². The predicted molar refractivity (Wildman–Crippen MR) is 210 cm³/mol. The van der Waals surface area contributed by atoms with Crippen molar-refractivity contribution in [2.75, 3.05) is 25.5 Å². The lowest BCUT2D eigenvalue weighted by molar-refractivity contribution is 0.0785. The molecule has 0 bridgehead atoms. The topological polar surface area (TPSA) is 113 Å². The predicted octanol–water partition coefficient (Wildman–Crippen LogP) is 8.50. The number of hydrogen-bond acceptors (Lipinski definition) is 7. The van der Waals surface area contributed by atoms with Gasteiger partial charge in [-0.3, -0.25) is 14.9 Å². The van der Waals surface area contributed by atoms with Crippen LogP contribution in [0.2, 0.25) is 0 Å². The molecule has 0 spiro atoms. The molecule has 9 nitrogen and oxygen atoms in total. The molecule has 5 rings (SSSR count). The molecular formula is C42H49N5O4S. The highest BCUT2D eigenvalue weighted by atomic mass is 32.1. The lowest BCUT2D eigenvalue weighted by Crippen LogP contribution is -2.28. The average molecular weight is 720 g/mol. The second kappa shape index (κ2) is 20.5. The van der Waals surface area contributed by atoms with Crippen molar-refractivity contribution >= 4 is 34.9 Å². The second-order valence-electron chi connectivity index (χ2n) is 12.9. The summed E-state index contributed by atoms with van der Waals surface area (Å²) in [5.74, 6) is -0.0921. The number of ether oxygens (including phenoxy) is 1. The first-order valence-corrected chi connectivity index (χ1v) is 18.3. The van der Waals surface area contributed by atoms with E-state index >= 15 is 0 Å². The molecule has 272 valence electrons. The summed E-state index contributed by atoms with van der Waals surface area (Å²) in [6.45, 7) is 10.6. The maximum absolute atomic E-state index is 12.9. The van der Waals surface area contributed by atoms with Crippen molar-refractivity contribution < 1.29 is 19.1 Å². The molecule has 10 heteroatoms. The quantitative estimate of drug-likeness (QED) is 0.0993. The zero-order valence-corrected chi connectivity index (χ0v) is 31.5. The Kier molecular flexibility index (Phi) is 15.6. The number of amides is 3. The van der Waals surface area contributed by atoms with E-state index in [9.17, 15) is 14.4 Å². The van der Waals surface area contributed by atoms with Gasteiger partial charge in [-0.2, -0.15) is 0 Å². The van der Waals surface area contributed by atoms with E-state index in [4.69, 9.17) is 4.74 Å².